The quantitative estimate of drug-likeness (QED) is 0.123. The van der Waals surface area contributed by atoms with Crippen molar-refractivity contribution in [1.82, 2.24) is 19.2 Å². The molecular formula is C50H46N4OPt. The Bertz CT molecular complexity index is 2970. The summed E-state index contributed by atoms with van der Waals surface area (Å²) in [5, 5.41) is 7.02. The van der Waals surface area contributed by atoms with Crippen molar-refractivity contribution in [2.45, 2.75) is 90.8 Å². The molecular weight excluding hydrogens is 868 g/mol. The van der Waals surface area contributed by atoms with Crippen molar-refractivity contribution in [2.24, 2.45) is 0 Å². The van der Waals surface area contributed by atoms with Gasteiger partial charge in [-0.25, -0.2) is 0 Å². The van der Waals surface area contributed by atoms with Crippen LogP contribution in [0, 0.1) is 19.0 Å². The molecule has 0 amide bonds. The molecule has 0 radical (unpaired) electrons. The Morgan fingerprint density at radius 2 is 1.59 bits per heavy atom. The second kappa shape index (κ2) is 13.0. The number of ether oxygens (including phenoxy) is 1. The van der Waals surface area contributed by atoms with Crippen molar-refractivity contribution >= 4 is 27.3 Å². The Morgan fingerprint density at radius 1 is 0.839 bits per heavy atom. The fraction of sp³-hybridized carbons (Fsp3) is 0.280. The largest absolute Gasteiger partial charge is 2.00 e. The molecule has 1 atom stereocenters. The van der Waals surface area contributed by atoms with Crippen LogP contribution in [-0.2, 0) is 38.3 Å². The summed E-state index contributed by atoms with van der Waals surface area (Å²) in [5.41, 5.74) is 12.7. The number of nitrogens with zero attached hydrogens (tertiary/aromatic N) is 4. The number of aryl methyl sites for hydroxylation is 2. The fourth-order valence-corrected chi connectivity index (χ4v) is 9.62. The average molecular weight is 917 g/mol. The Kier molecular flexibility index (Phi) is 7.72. The van der Waals surface area contributed by atoms with Crippen molar-refractivity contribution in [2.75, 3.05) is 0 Å². The Hall–Kier alpha value is -4.99. The maximum Gasteiger partial charge on any atom is 2.00 e. The van der Waals surface area contributed by atoms with Gasteiger partial charge in [-0.2, -0.15) is 11.2 Å². The first kappa shape index (κ1) is 33.2. The van der Waals surface area contributed by atoms with E-state index in [4.69, 9.17) is 18.9 Å². The molecule has 6 heteroatoms. The van der Waals surface area contributed by atoms with Crippen LogP contribution in [0.3, 0.4) is 0 Å². The average Bonchev–Trinajstić information content (AvgIpc) is 3.83. The molecule has 0 fully saturated rings. The summed E-state index contributed by atoms with van der Waals surface area (Å²) >= 11 is 0. The van der Waals surface area contributed by atoms with Crippen LogP contribution in [-0.4, -0.2) is 19.2 Å². The minimum Gasteiger partial charge on any atom is -0.503 e. The fourth-order valence-electron chi connectivity index (χ4n) is 9.62. The van der Waals surface area contributed by atoms with E-state index in [1.165, 1.54) is 22.3 Å². The van der Waals surface area contributed by atoms with Crippen molar-refractivity contribution in [3.05, 3.63) is 143 Å². The summed E-state index contributed by atoms with van der Waals surface area (Å²) in [6.45, 7) is 13.6. The van der Waals surface area contributed by atoms with Crippen LogP contribution in [0.15, 0.2) is 97.3 Å². The number of rotatable bonds is 6. The topological polar surface area (TPSA) is 44.3 Å². The second-order valence-corrected chi connectivity index (χ2v) is 16.9. The molecule has 1 unspecified atom stereocenters. The van der Waals surface area contributed by atoms with Crippen molar-refractivity contribution in [3.8, 4) is 39.6 Å². The smallest absolute Gasteiger partial charge is 0.503 e. The van der Waals surface area contributed by atoms with E-state index in [2.05, 4.69) is 120 Å². The van der Waals surface area contributed by atoms with E-state index in [-0.39, 0.29) is 31.9 Å². The molecule has 4 heterocycles. The monoisotopic (exact) mass is 916 g/mol. The van der Waals surface area contributed by atoms with Gasteiger partial charge in [-0.15, -0.1) is 30.3 Å². The summed E-state index contributed by atoms with van der Waals surface area (Å²) < 4.78 is 36.8. The third-order valence-electron chi connectivity index (χ3n) is 12.9. The number of hydrogen-bond acceptors (Lipinski definition) is 3. The molecule has 2 aliphatic rings. The Balaban J connectivity index is 0.00000449. The normalized spacial score (nSPS) is 17.8. The van der Waals surface area contributed by atoms with Gasteiger partial charge in [-0.1, -0.05) is 125 Å². The third-order valence-corrected chi connectivity index (χ3v) is 12.9. The SMILES string of the molecule is [2H]C([2H])([2H])c1ccc2c3c1c1ccc(Oc4[c-]c(-n5cc(-c6c(C(C)C)cccc6C(C)C)cn5)ccc4)[c-]c1c1nc4c(n13)C(C)(CCc1ccccc1-4)C2(C)C.[Pt+2]. The van der Waals surface area contributed by atoms with Crippen molar-refractivity contribution in [3.63, 3.8) is 0 Å². The third kappa shape index (κ3) is 5.16. The zero-order valence-corrected chi connectivity index (χ0v) is 35.1. The van der Waals surface area contributed by atoms with Crippen LogP contribution in [0.2, 0.25) is 0 Å². The first-order valence-electron chi connectivity index (χ1n) is 21.0. The molecule has 1 aliphatic heterocycles. The van der Waals surface area contributed by atoms with Gasteiger partial charge in [0.25, 0.3) is 0 Å². The van der Waals surface area contributed by atoms with Crippen LogP contribution >= 0.6 is 0 Å². The van der Waals surface area contributed by atoms with E-state index in [0.717, 1.165) is 73.9 Å². The number of imidazole rings is 1. The van der Waals surface area contributed by atoms with Crippen LogP contribution in [0.5, 0.6) is 11.5 Å². The molecule has 56 heavy (non-hydrogen) atoms. The van der Waals surface area contributed by atoms with Gasteiger partial charge in [0.1, 0.15) is 0 Å². The van der Waals surface area contributed by atoms with Crippen LogP contribution in [0.4, 0.5) is 0 Å². The molecule has 8 aromatic rings. The van der Waals surface area contributed by atoms with E-state index in [0.29, 0.717) is 28.9 Å². The van der Waals surface area contributed by atoms with Crippen LogP contribution in [0.25, 0.3) is 55.4 Å². The molecule has 0 saturated heterocycles. The minimum atomic E-state index is -2.34. The number of fused-ring (bicyclic) bond motifs is 5. The summed E-state index contributed by atoms with van der Waals surface area (Å²) in [5.74, 6) is 1.74. The second-order valence-electron chi connectivity index (χ2n) is 16.9. The maximum atomic E-state index is 8.69. The van der Waals surface area contributed by atoms with Gasteiger partial charge >= 0.3 is 21.1 Å². The van der Waals surface area contributed by atoms with Gasteiger partial charge in [-0.05, 0) is 70.4 Å². The van der Waals surface area contributed by atoms with Gasteiger partial charge < -0.3 is 9.14 Å². The van der Waals surface area contributed by atoms with Gasteiger partial charge in [0.2, 0.25) is 0 Å². The predicted molar refractivity (Wildman–Crippen MR) is 224 cm³/mol. The minimum absolute atomic E-state index is 0. The Morgan fingerprint density at radius 3 is 2.36 bits per heavy atom. The molecule has 282 valence electrons. The molecule has 1 aliphatic carbocycles. The van der Waals surface area contributed by atoms with Gasteiger partial charge in [0.15, 0.2) is 0 Å². The number of hydrogen-bond donors (Lipinski definition) is 0. The summed E-state index contributed by atoms with van der Waals surface area (Å²) in [4.78, 5) is 5.50. The zero-order valence-electron chi connectivity index (χ0n) is 35.8. The first-order valence-corrected chi connectivity index (χ1v) is 19.5. The molecule has 3 aromatic heterocycles. The van der Waals surface area contributed by atoms with E-state index in [9.17, 15) is 0 Å². The van der Waals surface area contributed by atoms with E-state index >= 15 is 0 Å². The first-order chi connectivity index (χ1) is 27.7. The standard InChI is InChI=1S/C50H46N4O.Pt/c1-29(2)37-17-12-18-38(30(3)4)44(37)33-27-51-53(28-33)34-14-11-15-35(25-34)55-36-20-21-40-41(26-36)48-52-45-39-16-10-9-13-32(39)23-24-50(8)47(45)54(48)46-42(49(50,6)7)22-19-31(5)43(40)46;/h9-22,27-30H,23-24H2,1-8H3;/q-2;+2/i5D3;. The van der Waals surface area contributed by atoms with Crippen molar-refractivity contribution < 1.29 is 29.9 Å². The van der Waals surface area contributed by atoms with E-state index in [1.54, 1.807) is 0 Å². The van der Waals surface area contributed by atoms with Gasteiger partial charge in [0, 0.05) is 55.0 Å². The molecule has 10 rings (SSSR count). The number of pyridine rings is 1. The number of aromatic nitrogens is 4. The molecule has 0 spiro atoms. The van der Waals surface area contributed by atoms with Gasteiger partial charge in [0.05, 0.1) is 17.5 Å². The zero-order chi connectivity index (χ0) is 40.5. The molecule has 5 aromatic carbocycles. The Labute approximate surface area is 348 Å². The maximum absolute atomic E-state index is 8.69. The van der Waals surface area contributed by atoms with E-state index in [1.807, 2.05) is 47.3 Å². The van der Waals surface area contributed by atoms with Gasteiger partial charge in [-0.3, -0.25) is 9.67 Å². The molecule has 0 N–H and O–H groups in total. The molecule has 5 nitrogen and oxygen atoms in total. The number of benzene rings is 5. The van der Waals surface area contributed by atoms with Crippen molar-refractivity contribution in [1.29, 1.82) is 0 Å². The van der Waals surface area contributed by atoms with Crippen LogP contribution in [0.1, 0.15) is 104 Å². The van der Waals surface area contributed by atoms with Crippen LogP contribution < -0.4 is 4.74 Å². The van der Waals surface area contributed by atoms with E-state index < -0.39 is 6.85 Å². The molecule has 0 saturated carbocycles. The predicted octanol–water partition coefficient (Wildman–Crippen LogP) is 12.6. The molecule has 0 bridgehead atoms. The summed E-state index contributed by atoms with van der Waals surface area (Å²) in [6.07, 6.45) is 5.86. The summed E-state index contributed by atoms with van der Waals surface area (Å²) in [7, 11) is 0. The summed E-state index contributed by atoms with van der Waals surface area (Å²) in [6, 6.07) is 35.7.